The zero-order valence-electron chi connectivity index (χ0n) is 12.9. The normalized spacial score (nSPS) is 11.9. The predicted octanol–water partition coefficient (Wildman–Crippen LogP) is 4.25. The van der Waals surface area contributed by atoms with Gasteiger partial charge in [0.15, 0.2) is 0 Å². The maximum atomic E-state index is 12.4. The number of pyridine rings is 1. The number of carbonyl (C=O) groups excluding carboxylic acids is 1. The summed E-state index contributed by atoms with van der Waals surface area (Å²) in [4.78, 5) is 28.3. The van der Waals surface area contributed by atoms with Crippen LogP contribution in [0.2, 0.25) is 5.02 Å². The standard InChI is InChI=1S/C18H15ClN2O2S/c1-11(12-4-2-5-13(19)10-12)20-17(22)14-7-8-15(21-18(14)23)16-6-3-9-24-16/h2-11H,1H3,(H,20,22)(H,21,23). The van der Waals surface area contributed by atoms with Crippen LogP contribution < -0.4 is 10.9 Å². The summed E-state index contributed by atoms with van der Waals surface area (Å²) in [6.45, 7) is 1.85. The minimum atomic E-state index is -0.415. The van der Waals surface area contributed by atoms with Crippen molar-refractivity contribution >= 4 is 28.8 Å². The largest absolute Gasteiger partial charge is 0.345 e. The Labute approximate surface area is 148 Å². The Hall–Kier alpha value is -2.37. The van der Waals surface area contributed by atoms with E-state index in [1.165, 1.54) is 11.3 Å². The smallest absolute Gasteiger partial charge is 0.261 e. The molecule has 0 bridgehead atoms. The van der Waals surface area contributed by atoms with Crippen molar-refractivity contribution in [3.8, 4) is 10.6 Å². The highest BCUT2D eigenvalue weighted by Crippen LogP contribution is 2.21. The molecule has 0 aliphatic rings. The lowest BCUT2D eigenvalue weighted by atomic mass is 10.1. The number of hydrogen-bond donors (Lipinski definition) is 2. The monoisotopic (exact) mass is 358 g/mol. The third-order valence-corrected chi connectivity index (χ3v) is 4.78. The summed E-state index contributed by atoms with van der Waals surface area (Å²) in [5.74, 6) is -0.415. The summed E-state index contributed by atoms with van der Waals surface area (Å²) < 4.78 is 0. The molecule has 0 spiro atoms. The van der Waals surface area contributed by atoms with Crippen molar-refractivity contribution in [3.05, 3.63) is 80.4 Å². The molecule has 0 saturated carbocycles. The Morgan fingerprint density at radius 1 is 1.21 bits per heavy atom. The third-order valence-electron chi connectivity index (χ3n) is 3.64. The van der Waals surface area contributed by atoms with Crippen LogP contribution in [0.15, 0.2) is 58.7 Å². The minimum Gasteiger partial charge on any atom is -0.345 e. The first-order valence-corrected chi connectivity index (χ1v) is 8.64. The molecule has 3 rings (SSSR count). The fourth-order valence-corrected chi connectivity index (χ4v) is 3.27. The van der Waals surface area contributed by atoms with Crippen LogP contribution in [0.25, 0.3) is 10.6 Å². The lowest BCUT2D eigenvalue weighted by Gasteiger charge is -2.14. The average Bonchev–Trinajstić information content (AvgIpc) is 3.09. The van der Waals surface area contributed by atoms with Crippen LogP contribution in [0.4, 0.5) is 0 Å². The molecule has 2 N–H and O–H groups in total. The number of amides is 1. The number of benzene rings is 1. The number of nitrogens with one attached hydrogen (secondary N) is 2. The second-order valence-corrected chi connectivity index (χ2v) is 6.73. The Kier molecular flexibility index (Phi) is 4.83. The van der Waals surface area contributed by atoms with Gasteiger partial charge in [0.05, 0.1) is 16.6 Å². The van der Waals surface area contributed by atoms with Gasteiger partial charge in [-0.05, 0) is 48.2 Å². The molecule has 0 radical (unpaired) electrons. The number of halogens is 1. The number of hydrogen-bond acceptors (Lipinski definition) is 3. The van der Waals surface area contributed by atoms with Crippen LogP contribution in [0.5, 0.6) is 0 Å². The number of carbonyl (C=O) groups is 1. The van der Waals surface area contributed by atoms with Gasteiger partial charge in [-0.25, -0.2) is 0 Å². The van der Waals surface area contributed by atoms with Crippen LogP contribution in [0.3, 0.4) is 0 Å². The lowest BCUT2D eigenvalue weighted by molar-refractivity contribution is 0.0938. The fourth-order valence-electron chi connectivity index (χ4n) is 2.36. The topological polar surface area (TPSA) is 62.0 Å². The van der Waals surface area contributed by atoms with E-state index in [-0.39, 0.29) is 11.6 Å². The lowest BCUT2D eigenvalue weighted by Crippen LogP contribution is -2.31. The number of aromatic nitrogens is 1. The van der Waals surface area contributed by atoms with Crippen LogP contribution >= 0.6 is 22.9 Å². The van der Waals surface area contributed by atoms with Gasteiger partial charge in [0.1, 0.15) is 5.56 Å². The van der Waals surface area contributed by atoms with E-state index in [0.717, 1.165) is 10.4 Å². The van der Waals surface area contributed by atoms with Gasteiger partial charge >= 0.3 is 0 Å². The van der Waals surface area contributed by atoms with Gasteiger partial charge < -0.3 is 10.3 Å². The summed E-state index contributed by atoms with van der Waals surface area (Å²) in [5.41, 5.74) is 1.26. The van der Waals surface area contributed by atoms with Gasteiger partial charge in [-0.15, -0.1) is 11.3 Å². The summed E-state index contributed by atoms with van der Waals surface area (Å²) in [5, 5.41) is 5.35. The third kappa shape index (κ3) is 3.58. The molecular weight excluding hydrogens is 344 g/mol. The molecule has 1 amide bonds. The molecule has 0 aliphatic heterocycles. The van der Waals surface area contributed by atoms with E-state index >= 15 is 0 Å². The van der Waals surface area contributed by atoms with Gasteiger partial charge in [0.25, 0.3) is 11.5 Å². The number of H-pyrrole nitrogens is 1. The van der Waals surface area contributed by atoms with Crippen LogP contribution in [0.1, 0.15) is 28.9 Å². The number of aromatic amines is 1. The predicted molar refractivity (Wildman–Crippen MR) is 97.7 cm³/mol. The summed E-state index contributed by atoms with van der Waals surface area (Å²) in [6, 6.07) is 14.1. The first-order valence-electron chi connectivity index (χ1n) is 7.38. The molecule has 24 heavy (non-hydrogen) atoms. The van der Waals surface area contributed by atoms with Gasteiger partial charge in [0.2, 0.25) is 0 Å². The molecule has 2 aromatic heterocycles. The van der Waals surface area contributed by atoms with Crippen LogP contribution in [-0.2, 0) is 0 Å². The maximum Gasteiger partial charge on any atom is 0.261 e. The number of rotatable bonds is 4. The van der Waals surface area contributed by atoms with Crippen molar-refractivity contribution in [1.29, 1.82) is 0 Å². The molecule has 122 valence electrons. The van der Waals surface area contributed by atoms with Gasteiger partial charge in [-0.1, -0.05) is 29.8 Å². The van der Waals surface area contributed by atoms with Crippen molar-refractivity contribution in [2.75, 3.05) is 0 Å². The molecule has 6 heteroatoms. The van der Waals surface area contributed by atoms with Gasteiger partial charge in [-0.3, -0.25) is 9.59 Å². The van der Waals surface area contributed by atoms with E-state index < -0.39 is 11.5 Å². The molecule has 0 aliphatic carbocycles. The van der Waals surface area contributed by atoms with E-state index in [4.69, 9.17) is 11.6 Å². The van der Waals surface area contributed by atoms with E-state index in [0.29, 0.717) is 10.7 Å². The second kappa shape index (κ2) is 7.03. The number of thiophene rings is 1. The molecule has 4 nitrogen and oxygen atoms in total. The van der Waals surface area contributed by atoms with E-state index in [1.807, 2.05) is 36.6 Å². The van der Waals surface area contributed by atoms with E-state index in [9.17, 15) is 9.59 Å². The summed E-state index contributed by atoms with van der Waals surface area (Å²) >= 11 is 7.49. The fraction of sp³-hybridized carbons (Fsp3) is 0.111. The zero-order chi connectivity index (χ0) is 17.1. The first-order chi connectivity index (χ1) is 11.5. The minimum absolute atomic E-state index is 0.0872. The summed E-state index contributed by atoms with van der Waals surface area (Å²) in [6.07, 6.45) is 0. The molecule has 3 aromatic rings. The molecule has 0 saturated heterocycles. The maximum absolute atomic E-state index is 12.4. The van der Waals surface area contributed by atoms with Crippen LogP contribution in [-0.4, -0.2) is 10.9 Å². The molecule has 1 atom stereocenters. The van der Waals surface area contributed by atoms with Gasteiger partial charge in [-0.2, -0.15) is 0 Å². The van der Waals surface area contributed by atoms with Crippen molar-refractivity contribution < 1.29 is 4.79 Å². The Balaban J connectivity index is 1.79. The van der Waals surface area contributed by atoms with Crippen LogP contribution in [0, 0.1) is 0 Å². The Morgan fingerprint density at radius 2 is 2.04 bits per heavy atom. The highest BCUT2D eigenvalue weighted by atomic mass is 35.5. The van der Waals surface area contributed by atoms with Crippen molar-refractivity contribution in [2.45, 2.75) is 13.0 Å². The highest BCUT2D eigenvalue weighted by Gasteiger charge is 2.15. The molecule has 2 heterocycles. The molecule has 1 aromatic carbocycles. The Bertz CT molecular complexity index is 919. The Morgan fingerprint density at radius 3 is 2.71 bits per heavy atom. The summed E-state index contributed by atoms with van der Waals surface area (Å²) in [7, 11) is 0. The van der Waals surface area contributed by atoms with E-state index in [1.54, 1.807) is 24.3 Å². The zero-order valence-corrected chi connectivity index (χ0v) is 14.4. The van der Waals surface area contributed by atoms with E-state index in [2.05, 4.69) is 10.3 Å². The quantitative estimate of drug-likeness (QED) is 0.732. The first kappa shape index (κ1) is 16.5. The van der Waals surface area contributed by atoms with Crippen molar-refractivity contribution in [2.24, 2.45) is 0 Å². The van der Waals surface area contributed by atoms with Crippen molar-refractivity contribution in [1.82, 2.24) is 10.3 Å². The van der Waals surface area contributed by atoms with Gasteiger partial charge in [0, 0.05) is 5.02 Å². The molecule has 0 fully saturated rings. The molecule has 1 unspecified atom stereocenters. The second-order valence-electron chi connectivity index (χ2n) is 5.34. The highest BCUT2D eigenvalue weighted by molar-refractivity contribution is 7.13. The molecular formula is C18H15ClN2O2S. The average molecular weight is 359 g/mol. The van der Waals surface area contributed by atoms with Crippen molar-refractivity contribution in [3.63, 3.8) is 0 Å². The SMILES string of the molecule is CC(NC(=O)c1ccc(-c2cccs2)[nH]c1=O)c1cccc(Cl)c1.